The maximum atomic E-state index is 5.31. The Kier molecular flexibility index (Phi) is 3.06. The molecule has 2 aliphatic carbocycles. The minimum Gasteiger partial charge on any atom is -0.360 e. The second-order valence-corrected chi connectivity index (χ2v) is 6.76. The van der Waals surface area contributed by atoms with Gasteiger partial charge in [-0.2, -0.15) is 0 Å². The molecule has 0 spiro atoms. The fraction of sp³-hybridized carbons (Fsp3) is 1.00. The molecule has 0 radical (unpaired) electrons. The first-order valence-corrected chi connectivity index (χ1v) is 7.02. The van der Waals surface area contributed by atoms with Crippen LogP contribution in [0.5, 0.6) is 0 Å². The summed E-state index contributed by atoms with van der Waals surface area (Å²) in [6.45, 7) is 0. The molecule has 2 fully saturated rings. The van der Waals surface area contributed by atoms with E-state index in [9.17, 15) is 0 Å². The first kappa shape index (κ1) is 9.68. The highest BCUT2D eigenvalue weighted by atomic mass is 28.2. The average molecular weight is 200 g/mol. The number of fused-ring (bicyclic) bond motifs is 2. The van der Waals surface area contributed by atoms with E-state index in [1.54, 1.807) is 14.2 Å². The first-order chi connectivity index (χ1) is 6.33. The zero-order chi connectivity index (χ0) is 9.26. The van der Waals surface area contributed by atoms with E-state index in [1.165, 1.54) is 25.7 Å². The van der Waals surface area contributed by atoms with E-state index in [4.69, 9.17) is 9.47 Å². The van der Waals surface area contributed by atoms with Crippen LogP contribution in [0.3, 0.4) is 0 Å². The molecular weight excluding hydrogens is 180 g/mol. The van der Waals surface area contributed by atoms with Crippen molar-refractivity contribution in [1.82, 2.24) is 0 Å². The van der Waals surface area contributed by atoms with Gasteiger partial charge in [0.15, 0.2) is 0 Å². The topological polar surface area (TPSA) is 18.5 Å². The van der Waals surface area contributed by atoms with E-state index in [2.05, 4.69) is 0 Å². The molecule has 3 heteroatoms. The van der Waals surface area contributed by atoms with Gasteiger partial charge in [0, 0.05) is 14.2 Å². The predicted molar refractivity (Wildman–Crippen MR) is 55.5 cm³/mol. The summed E-state index contributed by atoms with van der Waals surface area (Å²) in [7, 11) is 3.37. The molecule has 3 unspecified atom stereocenters. The van der Waals surface area contributed by atoms with E-state index >= 15 is 0 Å². The predicted octanol–water partition coefficient (Wildman–Crippen LogP) is 1.34. The minimum atomic E-state index is -0.171. The van der Waals surface area contributed by atoms with Crippen LogP contribution in [0.25, 0.3) is 0 Å². The molecule has 2 aliphatic rings. The van der Waals surface area contributed by atoms with Crippen LogP contribution in [0.1, 0.15) is 25.7 Å². The second-order valence-electron chi connectivity index (χ2n) is 4.57. The molecule has 0 amide bonds. The maximum absolute atomic E-state index is 5.31. The summed E-state index contributed by atoms with van der Waals surface area (Å²) in [4.78, 5) is 0. The van der Waals surface area contributed by atoms with Gasteiger partial charge in [0.25, 0.3) is 0 Å². The summed E-state index contributed by atoms with van der Waals surface area (Å²) >= 11 is 0. The van der Waals surface area contributed by atoms with Gasteiger partial charge in [0.05, 0.1) is 9.52 Å². The van der Waals surface area contributed by atoms with Crippen LogP contribution in [0.4, 0.5) is 0 Å². The van der Waals surface area contributed by atoms with E-state index in [0.717, 1.165) is 17.4 Å². The minimum absolute atomic E-state index is 0.171. The Morgan fingerprint density at radius 1 is 1.15 bits per heavy atom. The molecule has 76 valence electrons. The van der Waals surface area contributed by atoms with Crippen LogP contribution in [0.2, 0.25) is 5.54 Å². The largest absolute Gasteiger partial charge is 0.360 e. The molecular formula is C10H20O2Si. The van der Waals surface area contributed by atoms with Crippen molar-refractivity contribution in [2.75, 3.05) is 14.2 Å². The lowest BCUT2D eigenvalue weighted by atomic mass is 10.0. The molecule has 13 heavy (non-hydrogen) atoms. The Morgan fingerprint density at radius 3 is 2.38 bits per heavy atom. The van der Waals surface area contributed by atoms with E-state index in [-0.39, 0.29) is 15.4 Å². The summed E-state index contributed by atoms with van der Waals surface area (Å²) in [5.74, 6) is 2.28. The summed E-state index contributed by atoms with van der Waals surface area (Å²) < 4.78 is 10.6. The molecule has 0 aromatic carbocycles. The molecule has 0 saturated heterocycles. The first-order valence-electron chi connectivity index (χ1n) is 5.39. The molecule has 0 N–H and O–H groups in total. The highest BCUT2D eigenvalue weighted by molar-refractivity contribution is 6.39. The van der Waals surface area contributed by atoms with E-state index < -0.39 is 0 Å². The number of hydrogen-bond acceptors (Lipinski definition) is 2. The van der Waals surface area contributed by atoms with Gasteiger partial charge < -0.3 is 9.47 Å². The summed E-state index contributed by atoms with van der Waals surface area (Å²) in [6.07, 6.45) is 5.99. The fourth-order valence-corrected chi connectivity index (χ4v) is 5.56. The normalized spacial score (nSPS) is 38.5. The lowest BCUT2D eigenvalue weighted by Gasteiger charge is -2.24. The van der Waals surface area contributed by atoms with Crippen LogP contribution < -0.4 is 0 Å². The van der Waals surface area contributed by atoms with Crippen molar-refractivity contribution in [1.29, 1.82) is 0 Å². The zero-order valence-electron chi connectivity index (χ0n) is 8.66. The highest BCUT2D eigenvalue weighted by Crippen LogP contribution is 2.51. The van der Waals surface area contributed by atoms with Crippen molar-refractivity contribution in [3.63, 3.8) is 0 Å². The van der Waals surface area contributed by atoms with Gasteiger partial charge in [-0.25, -0.2) is 0 Å². The molecule has 3 atom stereocenters. The molecule has 2 bridgehead atoms. The molecule has 0 heterocycles. The Balaban J connectivity index is 1.82. The van der Waals surface area contributed by atoms with Crippen LogP contribution in [0, 0.1) is 11.8 Å². The third kappa shape index (κ3) is 1.97. The zero-order valence-corrected chi connectivity index (χ0v) is 10.1. The maximum Gasteiger partial charge on any atom is 0.134 e. The van der Waals surface area contributed by atoms with Crippen LogP contribution in [0.15, 0.2) is 0 Å². The molecule has 0 aliphatic heterocycles. The van der Waals surface area contributed by atoms with Crippen molar-refractivity contribution in [3.05, 3.63) is 0 Å². The van der Waals surface area contributed by atoms with Crippen molar-refractivity contribution in [3.8, 4) is 0 Å². The Labute approximate surface area is 82.8 Å². The number of hydrogen-bond donors (Lipinski definition) is 0. The SMILES string of the molecule is COC(OC)[SiH2]C1CC2CCC1C2. The monoisotopic (exact) mass is 200 g/mol. The Hall–Kier alpha value is 0.137. The summed E-state index contributed by atoms with van der Waals surface area (Å²) in [5, 5.41) is 0. The molecule has 2 rings (SSSR count). The number of ether oxygens (including phenoxy) is 2. The van der Waals surface area contributed by atoms with E-state index in [0.29, 0.717) is 0 Å². The van der Waals surface area contributed by atoms with Gasteiger partial charge >= 0.3 is 0 Å². The fourth-order valence-electron chi connectivity index (χ4n) is 3.20. The standard InChI is InChI=1S/C10H20O2Si/c1-11-10(12-2)13-9-6-7-3-4-8(9)5-7/h7-10H,3-6,13H2,1-2H3. The van der Waals surface area contributed by atoms with Crippen molar-refractivity contribution >= 4 is 9.52 Å². The van der Waals surface area contributed by atoms with Crippen molar-refractivity contribution in [2.45, 2.75) is 37.1 Å². The smallest absolute Gasteiger partial charge is 0.134 e. The lowest BCUT2D eigenvalue weighted by molar-refractivity contribution is -0.0452. The summed E-state index contributed by atoms with van der Waals surface area (Å²) in [6, 6.07) is 0. The Bertz CT molecular complexity index is 170. The molecule has 0 aromatic rings. The van der Waals surface area contributed by atoms with Gasteiger partial charge in [-0.1, -0.05) is 19.3 Å². The lowest BCUT2D eigenvalue weighted by Crippen LogP contribution is -2.27. The van der Waals surface area contributed by atoms with E-state index in [1.807, 2.05) is 0 Å². The third-order valence-corrected chi connectivity index (χ3v) is 6.56. The molecule has 2 nitrogen and oxygen atoms in total. The quantitative estimate of drug-likeness (QED) is 0.504. The number of methoxy groups -OCH3 is 2. The van der Waals surface area contributed by atoms with Gasteiger partial charge in [-0.15, -0.1) is 0 Å². The van der Waals surface area contributed by atoms with Gasteiger partial charge in [-0.05, 0) is 23.8 Å². The molecule has 0 aromatic heterocycles. The molecule has 2 saturated carbocycles. The van der Waals surface area contributed by atoms with Crippen LogP contribution >= 0.6 is 0 Å². The van der Waals surface area contributed by atoms with Gasteiger partial charge in [0.2, 0.25) is 0 Å². The summed E-state index contributed by atoms with van der Waals surface area (Å²) in [5.41, 5.74) is 1.02. The van der Waals surface area contributed by atoms with Crippen molar-refractivity contribution in [2.24, 2.45) is 11.8 Å². The van der Waals surface area contributed by atoms with Gasteiger partial charge in [-0.3, -0.25) is 0 Å². The number of rotatable bonds is 4. The van der Waals surface area contributed by atoms with Crippen molar-refractivity contribution < 1.29 is 9.47 Å². The Morgan fingerprint density at radius 2 is 1.92 bits per heavy atom. The highest BCUT2D eigenvalue weighted by Gasteiger charge is 2.40. The van der Waals surface area contributed by atoms with Crippen LogP contribution in [-0.2, 0) is 9.47 Å². The third-order valence-electron chi connectivity index (χ3n) is 3.91. The van der Waals surface area contributed by atoms with Crippen LogP contribution in [-0.4, -0.2) is 29.7 Å². The van der Waals surface area contributed by atoms with Gasteiger partial charge in [0.1, 0.15) is 5.91 Å². The average Bonchev–Trinajstić information content (AvgIpc) is 2.75. The second kappa shape index (κ2) is 4.11.